The van der Waals surface area contributed by atoms with Crippen LogP contribution in [0.3, 0.4) is 0 Å². The van der Waals surface area contributed by atoms with Gasteiger partial charge < -0.3 is 4.74 Å². The van der Waals surface area contributed by atoms with Crippen molar-refractivity contribution in [2.24, 2.45) is 0 Å². The quantitative estimate of drug-likeness (QED) is 0.631. The molecule has 0 aliphatic carbocycles. The Balaban J connectivity index is 2.70. The first-order valence-corrected chi connectivity index (χ1v) is 6.17. The number of esters is 1. The molecule has 0 spiro atoms. The fourth-order valence-corrected chi connectivity index (χ4v) is 2.81. The molecular formula is C8H14O4S. The summed E-state index contributed by atoms with van der Waals surface area (Å²) >= 11 is 0. The molecule has 0 amide bonds. The van der Waals surface area contributed by atoms with Crippen LogP contribution in [0.2, 0.25) is 0 Å². The van der Waals surface area contributed by atoms with E-state index in [0.717, 1.165) is 12.8 Å². The highest BCUT2D eigenvalue weighted by Crippen LogP contribution is 2.16. The summed E-state index contributed by atoms with van der Waals surface area (Å²) in [7, 11) is -3.22. The molecule has 0 bridgehead atoms. The highest BCUT2D eigenvalue weighted by Gasteiger charge is 2.36. The second-order valence-electron chi connectivity index (χ2n) is 3.17. The van der Waals surface area contributed by atoms with E-state index in [1.165, 1.54) is 0 Å². The van der Waals surface area contributed by atoms with Gasteiger partial charge >= 0.3 is 5.97 Å². The highest BCUT2D eigenvalue weighted by atomic mass is 32.2. The highest BCUT2D eigenvalue weighted by molar-refractivity contribution is 7.92. The van der Waals surface area contributed by atoms with E-state index in [0.29, 0.717) is 6.42 Å². The summed E-state index contributed by atoms with van der Waals surface area (Å²) < 4.78 is 27.5. The van der Waals surface area contributed by atoms with E-state index in [1.54, 1.807) is 0 Å². The second-order valence-corrected chi connectivity index (χ2v) is 5.47. The summed E-state index contributed by atoms with van der Waals surface area (Å²) in [5, 5.41) is -0.902. The van der Waals surface area contributed by atoms with Gasteiger partial charge in [0.2, 0.25) is 0 Å². The number of sulfone groups is 1. The zero-order chi connectivity index (χ0) is 9.90. The number of carbonyl (C=O) groups excluding carboxylic acids is 1. The number of unbranched alkanes of at least 4 members (excludes halogenated alkanes) is 1. The van der Waals surface area contributed by atoms with Crippen molar-refractivity contribution in [1.29, 1.82) is 0 Å². The van der Waals surface area contributed by atoms with Gasteiger partial charge in [-0.15, -0.1) is 0 Å². The summed E-state index contributed by atoms with van der Waals surface area (Å²) in [6.07, 6.45) is 2.04. The van der Waals surface area contributed by atoms with Crippen LogP contribution >= 0.6 is 0 Å². The Hall–Kier alpha value is -0.580. The molecular weight excluding hydrogens is 192 g/mol. The average Bonchev–Trinajstić information content (AvgIpc) is 2.02. The van der Waals surface area contributed by atoms with Crippen molar-refractivity contribution in [3.63, 3.8) is 0 Å². The number of carbonyl (C=O) groups is 1. The molecule has 1 atom stereocenters. The lowest BCUT2D eigenvalue weighted by molar-refractivity contribution is -0.143. The minimum atomic E-state index is -3.22. The van der Waals surface area contributed by atoms with Crippen LogP contribution in [0.25, 0.3) is 0 Å². The molecule has 5 heteroatoms. The predicted octanol–water partition coefficient (Wildman–Crippen LogP) is 0.517. The van der Waals surface area contributed by atoms with Crippen molar-refractivity contribution in [2.75, 3.05) is 12.4 Å². The zero-order valence-corrected chi connectivity index (χ0v) is 8.47. The van der Waals surface area contributed by atoms with E-state index in [9.17, 15) is 13.2 Å². The van der Waals surface area contributed by atoms with Crippen LogP contribution in [0.15, 0.2) is 0 Å². The van der Waals surface area contributed by atoms with Crippen molar-refractivity contribution < 1.29 is 17.9 Å². The predicted molar refractivity (Wildman–Crippen MR) is 48.1 cm³/mol. The van der Waals surface area contributed by atoms with E-state index < -0.39 is 21.1 Å². The molecule has 0 aromatic rings. The molecule has 1 heterocycles. The fourth-order valence-electron chi connectivity index (χ4n) is 1.33. The lowest BCUT2D eigenvalue weighted by Crippen LogP contribution is -2.40. The monoisotopic (exact) mass is 206 g/mol. The third-order valence-corrected chi connectivity index (χ3v) is 4.16. The Kier molecular flexibility index (Phi) is 3.30. The number of hydrogen-bond donors (Lipinski definition) is 0. The van der Waals surface area contributed by atoms with Crippen LogP contribution in [0.4, 0.5) is 0 Å². The molecule has 0 N–H and O–H groups in total. The molecule has 1 aliphatic rings. The summed E-state index contributed by atoms with van der Waals surface area (Å²) in [5.74, 6) is -0.590. The topological polar surface area (TPSA) is 60.4 Å². The molecule has 0 aromatic carbocycles. The van der Waals surface area contributed by atoms with Crippen LogP contribution in [-0.2, 0) is 19.4 Å². The summed E-state index contributed by atoms with van der Waals surface area (Å²) in [5.41, 5.74) is 0. The first-order chi connectivity index (χ1) is 6.08. The van der Waals surface area contributed by atoms with Gasteiger partial charge in [0.1, 0.15) is 6.61 Å². The molecule has 13 heavy (non-hydrogen) atoms. The Labute approximate surface area is 78.2 Å². The maximum Gasteiger partial charge on any atom is 0.324 e. The smallest absolute Gasteiger partial charge is 0.324 e. The van der Waals surface area contributed by atoms with E-state index in [-0.39, 0.29) is 12.4 Å². The van der Waals surface area contributed by atoms with Gasteiger partial charge in [0.05, 0.1) is 5.75 Å². The van der Waals surface area contributed by atoms with E-state index in [4.69, 9.17) is 4.74 Å². The van der Waals surface area contributed by atoms with Crippen molar-refractivity contribution in [3.05, 3.63) is 0 Å². The van der Waals surface area contributed by atoms with Crippen LogP contribution in [-0.4, -0.2) is 32.0 Å². The van der Waals surface area contributed by atoms with Crippen molar-refractivity contribution in [1.82, 2.24) is 0 Å². The zero-order valence-electron chi connectivity index (χ0n) is 7.65. The Morgan fingerprint density at radius 3 is 2.77 bits per heavy atom. The molecule has 1 fully saturated rings. The Morgan fingerprint density at radius 2 is 2.23 bits per heavy atom. The standard InChI is InChI=1S/C8H14O4S/c1-2-3-4-7-8(9)12-5-6-13(7,10)11/h7H,2-6H2,1H3. The first-order valence-electron chi connectivity index (χ1n) is 4.46. The largest absolute Gasteiger partial charge is 0.464 e. The molecule has 1 aliphatic heterocycles. The minimum Gasteiger partial charge on any atom is -0.464 e. The van der Waals surface area contributed by atoms with Crippen LogP contribution < -0.4 is 0 Å². The molecule has 0 saturated carbocycles. The van der Waals surface area contributed by atoms with E-state index in [2.05, 4.69) is 0 Å². The number of rotatable bonds is 3. The lowest BCUT2D eigenvalue weighted by Gasteiger charge is -2.20. The first kappa shape index (κ1) is 10.5. The molecule has 1 saturated heterocycles. The summed E-state index contributed by atoms with van der Waals surface area (Å²) in [4.78, 5) is 11.1. The van der Waals surface area contributed by atoms with Crippen molar-refractivity contribution in [2.45, 2.75) is 31.4 Å². The van der Waals surface area contributed by atoms with Gasteiger partial charge in [-0.3, -0.25) is 4.79 Å². The maximum atomic E-state index is 11.4. The summed E-state index contributed by atoms with van der Waals surface area (Å²) in [6.45, 7) is 1.98. The van der Waals surface area contributed by atoms with Gasteiger partial charge in [-0.05, 0) is 6.42 Å². The Morgan fingerprint density at radius 1 is 1.54 bits per heavy atom. The van der Waals surface area contributed by atoms with Gasteiger partial charge in [-0.1, -0.05) is 19.8 Å². The molecule has 0 radical (unpaired) electrons. The van der Waals surface area contributed by atoms with Crippen molar-refractivity contribution >= 4 is 15.8 Å². The van der Waals surface area contributed by atoms with Gasteiger partial charge in [-0.2, -0.15) is 0 Å². The van der Waals surface area contributed by atoms with Gasteiger partial charge in [0.15, 0.2) is 15.1 Å². The minimum absolute atomic E-state index is 0.0177. The lowest BCUT2D eigenvalue weighted by atomic mass is 10.2. The molecule has 0 aromatic heterocycles. The number of cyclic esters (lactones) is 1. The SMILES string of the molecule is CCCCC1C(=O)OCCS1(=O)=O. The number of hydrogen-bond acceptors (Lipinski definition) is 4. The molecule has 4 nitrogen and oxygen atoms in total. The Bertz CT molecular complexity index is 281. The van der Waals surface area contributed by atoms with Crippen LogP contribution in [0, 0.1) is 0 Å². The van der Waals surface area contributed by atoms with Gasteiger partial charge in [-0.25, -0.2) is 8.42 Å². The third kappa shape index (κ3) is 2.43. The molecule has 1 unspecified atom stereocenters. The van der Waals surface area contributed by atoms with Crippen molar-refractivity contribution in [3.8, 4) is 0 Å². The normalized spacial score (nSPS) is 26.8. The second kappa shape index (κ2) is 4.09. The third-order valence-electron chi connectivity index (χ3n) is 2.13. The van der Waals surface area contributed by atoms with Crippen LogP contribution in [0.1, 0.15) is 26.2 Å². The van der Waals surface area contributed by atoms with E-state index in [1.807, 2.05) is 6.92 Å². The van der Waals surface area contributed by atoms with Crippen LogP contribution in [0.5, 0.6) is 0 Å². The van der Waals surface area contributed by atoms with Gasteiger partial charge in [0, 0.05) is 0 Å². The summed E-state index contributed by atoms with van der Waals surface area (Å²) in [6, 6.07) is 0. The molecule has 1 rings (SSSR count). The average molecular weight is 206 g/mol. The maximum absolute atomic E-state index is 11.4. The van der Waals surface area contributed by atoms with E-state index >= 15 is 0 Å². The number of ether oxygens (including phenoxy) is 1. The molecule has 76 valence electrons. The van der Waals surface area contributed by atoms with Gasteiger partial charge in [0.25, 0.3) is 0 Å². The fraction of sp³-hybridized carbons (Fsp3) is 0.875.